The first-order valence-corrected chi connectivity index (χ1v) is 9.68. The number of hydrogen-bond donors (Lipinski definition) is 1. The molecule has 0 radical (unpaired) electrons. The van der Waals surface area contributed by atoms with Gasteiger partial charge in [0, 0.05) is 0 Å². The summed E-state index contributed by atoms with van der Waals surface area (Å²) in [4.78, 5) is 24.1. The summed E-state index contributed by atoms with van der Waals surface area (Å²) in [6, 6.07) is 8.26. The summed E-state index contributed by atoms with van der Waals surface area (Å²) in [6.45, 7) is 5.04. The molecule has 0 spiro atoms. The molecule has 1 aromatic rings. The van der Waals surface area contributed by atoms with Crippen LogP contribution in [0.4, 0.5) is 13.6 Å². The first-order chi connectivity index (χ1) is 12.2. The van der Waals surface area contributed by atoms with Crippen LogP contribution < -0.4 is 9.78 Å². The molecule has 1 aliphatic rings. The third-order valence-electron chi connectivity index (χ3n) is 3.64. The molecule has 1 aliphatic carbocycles. The van der Waals surface area contributed by atoms with Gasteiger partial charge in [0.25, 0.3) is 0 Å². The predicted octanol–water partition coefficient (Wildman–Crippen LogP) is 2.93. The van der Waals surface area contributed by atoms with Crippen LogP contribution in [0.15, 0.2) is 42.0 Å². The van der Waals surface area contributed by atoms with Crippen molar-refractivity contribution >= 4 is 31.8 Å². The van der Waals surface area contributed by atoms with E-state index in [1.807, 2.05) is 30.3 Å². The van der Waals surface area contributed by atoms with Crippen molar-refractivity contribution in [1.29, 1.82) is 0 Å². The molecule has 0 saturated heterocycles. The van der Waals surface area contributed by atoms with Crippen molar-refractivity contribution in [1.82, 2.24) is 5.32 Å². The molecular weight excluding hydrogens is 411 g/mol. The zero-order chi connectivity index (χ0) is 19.3. The van der Waals surface area contributed by atoms with Gasteiger partial charge >= 0.3 is 157 Å². The number of amides is 1. The van der Waals surface area contributed by atoms with Gasteiger partial charge < -0.3 is 0 Å². The number of benzene rings is 1. The minimum absolute atomic E-state index is 0.0651. The van der Waals surface area contributed by atoms with Gasteiger partial charge in [0.05, 0.1) is 0 Å². The van der Waals surface area contributed by atoms with Crippen molar-refractivity contribution < 1.29 is 26.9 Å². The van der Waals surface area contributed by atoms with Gasteiger partial charge in [-0.3, -0.25) is 0 Å². The molecule has 142 valence electrons. The van der Waals surface area contributed by atoms with E-state index >= 15 is 0 Å². The summed E-state index contributed by atoms with van der Waals surface area (Å²) in [5, 5.41) is 2.42. The summed E-state index contributed by atoms with van der Waals surface area (Å²) in [5.74, 6) is -1.24. The Balaban J connectivity index is 1.96. The van der Waals surface area contributed by atoms with E-state index in [0.717, 1.165) is 4.46 Å². The Labute approximate surface area is 157 Å². The van der Waals surface area contributed by atoms with Crippen LogP contribution in [0.3, 0.4) is 0 Å². The van der Waals surface area contributed by atoms with Crippen LogP contribution in [0.2, 0.25) is 0 Å². The van der Waals surface area contributed by atoms with Crippen molar-refractivity contribution in [3.05, 3.63) is 42.0 Å². The number of carbonyl (C=O) groups excluding carboxylic acids is 2. The van der Waals surface area contributed by atoms with E-state index in [1.165, 1.54) is 0 Å². The van der Waals surface area contributed by atoms with Gasteiger partial charge in [0.15, 0.2) is 0 Å². The summed E-state index contributed by atoms with van der Waals surface area (Å²) in [5.41, 5.74) is -0.984. The zero-order valence-corrected chi connectivity index (χ0v) is 16.5. The first kappa shape index (κ1) is 20.4. The number of alkyl carbamates (subject to hydrolysis) is 1. The van der Waals surface area contributed by atoms with Crippen LogP contribution in [0.25, 0.3) is 0 Å². The molecule has 8 heteroatoms. The number of halogens is 2. The molecule has 0 bridgehead atoms. The van der Waals surface area contributed by atoms with Gasteiger partial charge in [-0.05, 0) is 0 Å². The van der Waals surface area contributed by atoms with E-state index < -0.39 is 51.0 Å². The predicted molar refractivity (Wildman–Crippen MR) is 93.0 cm³/mol. The van der Waals surface area contributed by atoms with Gasteiger partial charge in [0.1, 0.15) is 0 Å². The molecule has 1 N–H and O–H groups in total. The molecule has 2 rings (SSSR count). The molecular formula is C18H21F2NO4Se. The van der Waals surface area contributed by atoms with E-state index in [0.29, 0.717) is 0 Å². The Morgan fingerprint density at radius 3 is 2.42 bits per heavy atom. The van der Waals surface area contributed by atoms with E-state index in [-0.39, 0.29) is 18.4 Å². The Morgan fingerprint density at radius 1 is 1.19 bits per heavy atom. The average molecular weight is 432 g/mol. The second-order valence-electron chi connectivity index (χ2n) is 6.92. The molecule has 1 saturated carbocycles. The maximum atomic E-state index is 13.2. The molecule has 0 aromatic heterocycles. The van der Waals surface area contributed by atoms with Crippen molar-refractivity contribution in [2.45, 2.75) is 45.3 Å². The minimum atomic E-state index is -1.88. The third kappa shape index (κ3) is 6.11. The fourth-order valence-corrected chi connectivity index (χ4v) is 3.76. The van der Waals surface area contributed by atoms with Crippen molar-refractivity contribution in [2.24, 2.45) is 5.92 Å². The first-order valence-electron chi connectivity index (χ1n) is 8.12. The monoisotopic (exact) mass is 433 g/mol. The molecule has 1 fully saturated rings. The number of rotatable bonds is 4. The van der Waals surface area contributed by atoms with E-state index in [2.05, 4.69) is 5.32 Å². The van der Waals surface area contributed by atoms with Crippen LogP contribution in [0.5, 0.6) is 0 Å². The molecule has 26 heavy (non-hydrogen) atoms. The van der Waals surface area contributed by atoms with E-state index in [9.17, 15) is 18.4 Å². The van der Waals surface area contributed by atoms with Gasteiger partial charge in [-0.25, -0.2) is 0 Å². The summed E-state index contributed by atoms with van der Waals surface area (Å²) < 4.78 is 37.7. The number of ether oxygens (including phenoxy) is 1. The molecule has 2 atom stereocenters. The van der Waals surface area contributed by atoms with Gasteiger partial charge in [-0.15, -0.1) is 0 Å². The number of hydrogen-bond acceptors (Lipinski definition) is 4. The van der Waals surface area contributed by atoms with Crippen LogP contribution >= 0.6 is 0 Å². The Morgan fingerprint density at radius 2 is 1.85 bits per heavy atom. The third-order valence-corrected chi connectivity index (χ3v) is 5.13. The molecule has 0 heterocycles. The summed E-state index contributed by atoms with van der Waals surface area (Å²) >= 11 is -0.521. The maximum absolute atomic E-state index is 13.2. The molecule has 1 aromatic carbocycles. The van der Waals surface area contributed by atoms with Crippen LogP contribution in [-0.2, 0) is 13.4 Å². The molecule has 0 aliphatic heterocycles. The number of nitrogens with one attached hydrogen (secondary N) is 1. The SMILES string of the molecule is CC(C)(C)OC(=O)N[C@H]1CC(C(=O)O[Se]c2ccccc2)CC1=C(F)F. The standard InChI is InChI=1S/C18H21F2NO4Se/c1-18(2,3)24-17(23)21-14-10-11(9-13(14)15(19)20)16(22)25-26-12-7-5-4-6-8-12/h4-8,11,14H,9-10H2,1-3H3,(H,21,23)/t11?,14-/m0/s1. The topological polar surface area (TPSA) is 64.6 Å². The Kier molecular flexibility index (Phi) is 6.78. The Bertz CT molecular complexity index is 684. The molecule has 1 unspecified atom stereocenters. The van der Waals surface area contributed by atoms with Gasteiger partial charge in [-0.1, -0.05) is 0 Å². The zero-order valence-electron chi connectivity index (χ0n) is 14.8. The normalized spacial score (nSPS) is 19.8. The van der Waals surface area contributed by atoms with Crippen LogP contribution in [0, 0.1) is 5.92 Å². The second-order valence-corrected chi connectivity index (χ2v) is 8.61. The van der Waals surface area contributed by atoms with Crippen LogP contribution in [-0.4, -0.2) is 39.0 Å². The van der Waals surface area contributed by atoms with Crippen molar-refractivity contribution in [2.75, 3.05) is 0 Å². The van der Waals surface area contributed by atoms with Crippen LogP contribution in [0.1, 0.15) is 33.6 Å². The number of carbonyl (C=O) groups is 2. The molecule has 5 nitrogen and oxygen atoms in total. The van der Waals surface area contributed by atoms with Crippen molar-refractivity contribution in [3.63, 3.8) is 0 Å². The summed E-state index contributed by atoms with van der Waals surface area (Å²) in [6.07, 6.45) is -2.74. The average Bonchev–Trinajstić information content (AvgIpc) is 2.95. The van der Waals surface area contributed by atoms with Crippen molar-refractivity contribution in [3.8, 4) is 0 Å². The van der Waals surface area contributed by atoms with Gasteiger partial charge in [-0.2, -0.15) is 0 Å². The quantitative estimate of drug-likeness (QED) is 0.744. The summed E-state index contributed by atoms with van der Waals surface area (Å²) in [7, 11) is 0. The Hall–Kier alpha value is -1.92. The van der Waals surface area contributed by atoms with E-state index in [1.54, 1.807) is 20.8 Å². The fourth-order valence-electron chi connectivity index (χ4n) is 2.54. The second kappa shape index (κ2) is 8.64. The molecule has 1 amide bonds. The van der Waals surface area contributed by atoms with E-state index in [4.69, 9.17) is 8.56 Å². The van der Waals surface area contributed by atoms with Gasteiger partial charge in [0.2, 0.25) is 0 Å². The fraction of sp³-hybridized carbons (Fsp3) is 0.444.